The molecule has 1 aromatic heterocycles. The highest BCUT2D eigenvalue weighted by molar-refractivity contribution is 5.97. The number of amides is 1. The van der Waals surface area contributed by atoms with Crippen LogP contribution < -0.4 is 10.2 Å². The standard InChI is InChI=1S/C27H24N4O5/c1-17-14-21(16-28-29-27(33)25-13-12-24(36-3)15-26(25)32)18(2)30(17)22-8-4-19(5-9-22)20-6-10-23(11-7-20)31(34)35/h4-16,32H,1-3H3,(H,29,33)/b28-16-. The van der Waals surface area contributed by atoms with Crippen molar-refractivity contribution in [1.82, 2.24) is 9.99 Å². The Labute approximate surface area is 207 Å². The Bertz CT molecular complexity index is 1460. The number of ether oxygens (including phenoxy) is 1. The topological polar surface area (TPSA) is 119 Å². The Morgan fingerprint density at radius 3 is 2.25 bits per heavy atom. The molecule has 0 bridgehead atoms. The van der Waals surface area contributed by atoms with Crippen molar-refractivity contribution in [1.29, 1.82) is 0 Å². The SMILES string of the molecule is COc1ccc(C(=O)N/N=C\c2cc(C)n(-c3ccc(-c4ccc([N+](=O)[O-])cc4)cc3)c2C)c(O)c1. The lowest BCUT2D eigenvalue weighted by molar-refractivity contribution is -0.384. The van der Waals surface area contributed by atoms with Crippen LogP contribution in [0.1, 0.15) is 27.3 Å². The third-order valence-corrected chi connectivity index (χ3v) is 5.83. The number of methoxy groups -OCH3 is 1. The minimum absolute atomic E-state index is 0.0557. The van der Waals surface area contributed by atoms with Crippen molar-refractivity contribution >= 4 is 17.8 Å². The Morgan fingerprint density at radius 1 is 1.03 bits per heavy atom. The molecule has 0 aliphatic rings. The molecular formula is C27H24N4O5. The first-order chi connectivity index (χ1) is 17.3. The molecule has 0 radical (unpaired) electrons. The van der Waals surface area contributed by atoms with Crippen LogP contribution in [0.3, 0.4) is 0 Å². The molecule has 2 N–H and O–H groups in total. The van der Waals surface area contributed by atoms with Gasteiger partial charge < -0.3 is 14.4 Å². The highest BCUT2D eigenvalue weighted by Crippen LogP contribution is 2.26. The predicted molar refractivity (Wildman–Crippen MR) is 137 cm³/mol. The van der Waals surface area contributed by atoms with Gasteiger partial charge >= 0.3 is 0 Å². The van der Waals surface area contributed by atoms with Crippen molar-refractivity contribution < 1.29 is 19.6 Å². The Morgan fingerprint density at radius 2 is 1.67 bits per heavy atom. The third kappa shape index (κ3) is 4.95. The molecule has 4 aromatic rings. The van der Waals surface area contributed by atoms with Crippen molar-refractivity contribution in [3.63, 3.8) is 0 Å². The highest BCUT2D eigenvalue weighted by Gasteiger charge is 2.13. The molecule has 3 aromatic carbocycles. The first-order valence-corrected chi connectivity index (χ1v) is 11.0. The van der Waals surface area contributed by atoms with E-state index in [0.29, 0.717) is 5.75 Å². The number of aromatic nitrogens is 1. The zero-order valence-electron chi connectivity index (χ0n) is 19.9. The second-order valence-corrected chi connectivity index (χ2v) is 8.09. The summed E-state index contributed by atoms with van der Waals surface area (Å²) in [5.74, 6) is -0.291. The zero-order chi connectivity index (χ0) is 25.8. The number of phenols is 1. The van der Waals surface area contributed by atoms with E-state index in [4.69, 9.17) is 4.74 Å². The summed E-state index contributed by atoms with van der Waals surface area (Å²) in [6.07, 6.45) is 1.56. The summed E-state index contributed by atoms with van der Waals surface area (Å²) in [7, 11) is 1.47. The summed E-state index contributed by atoms with van der Waals surface area (Å²) in [4.78, 5) is 22.8. The fourth-order valence-electron chi connectivity index (χ4n) is 3.95. The molecule has 9 heteroatoms. The van der Waals surface area contributed by atoms with Gasteiger partial charge in [-0.25, -0.2) is 5.43 Å². The number of nitro groups is 1. The minimum atomic E-state index is -0.540. The van der Waals surface area contributed by atoms with Gasteiger partial charge in [0.1, 0.15) is 11.5 Å². The van der Waals surface area contributed by atoms with Crippen molar-refractivity contribution in [3.05, 3.63) is 105 Å². The Hall–Kier alpha value is -4.92. The molecule has 36 heavy (non-hydrogen) atoms. The Balaban J connectivity index is 1.50. The van der Waals surface area contributed by atoms with Crippen LogP contribution in [-0.4, -0.2) is 33.8 Å². The average molecular weight is 485 g/mol. The number of phenolic OH excluding ortho intramolecular Hbond substituents is 1. The van der Waals surface area contributed by atoms with Gasteiger partial charge in [-0.1, -0.05) is 12.1 Å². The van der Waals surface area contributed by atoms with Gasteiger partial charge in [0.25, 0.3) is 11.6 Å². The molecule has 0 aliphatic heterocycles. The van der Waals surface area contributed by atoms with Gasteiger partial charge in [0.2, 0.25) is 0 Å². The average Bonchev–Trinajstić information content (AvgIpc) is 3.16. The second-order valence-electron chi connectivity index (χ2n) is 8.09. The van der Waals surface area contributed by atoms with Crippen LogP contribution in [0.2, 0.25) is 0 Å². The van der Waals surface area contributed by atoms with Crippen molar-refractivity contribution in [2.24, 2.45) is 5.10 Å². The number of hydrogen-bond acceptors (Lipinski definition) is 6. The molecule has 0 unspecified atom stereocenters. The number of aryl methyl sites for hydroxylation is 1. The Kier molecular flexibility index (Phi) is 6.82. The molecular weight excluding hydrogens is 460 g/mol. The number of carbonyl (C=O) groups excluding carboxylic acids is 1. The summed E-state index contributed by atoms with van der Waals surface area (Å²) in [6.45, 7) is 3.93. The molecule has 0 fully saturated rings. The van der Waals surface area contributed by atoms with E-state index in [-0.39, 0.29) is 17.0 Å². The molecule has 0 saturated heterocycles. The number of aromatic hydroxyl groups is 1. The molecule has 9 nitrogen and oxygen atoms in total. The molecule has 1 amide bonds. The monoisotopic (exact) mass is 484 g/mol. The summed E-state index contributed by atoms with van der Waals surface area (Å²) in [5.41, 5.74) is 8.10. The number of rotatable bonds is 7. The zero-order valence-corrected chi connectivity index (χ0v) is 19.9. The van der Waals surface area contributed by atoms with Gasteiger partial charge in [-0.15, -0.1) is 0 Å². The summed E-state index contributed by atoms with van der Waals surface area (Å²) in [5, 5.41) is 25.0. The third-order valence-electron chi connectivity index (χ3n) is 5.83. The maximum absolute atomic E-state index is 12.4. The van der Waals surface area contributed by atoms with Crippen LogP contribution in [0.5, 0.6) is 11.5 Å². The van der Waals surface area contributed by atoms with Gasteiger partial charge in [-0.3, -0.25) is 14.9 Å². The van der Waals surface area contributed by atoms with Crippen molar-refractivity contribution in [2.45, 2.75) is 13.8 Å². The number of hydrogen-bond donors (Lipinski definition) is 2. The number of nitrogens with zero attached hydrogens (tertiary/aromatic N) is 3. The first kappa shape index (κ1) is 24.2. The number of nitrogens with one attached hydrogen (secondary N) is 1. The molecule has 4 rings (SSSR count). The van der Waals surface area contributed by atoms with Gasteiger partial charge in [0, 0.05) is 40.8 Å². The van der Waals surface area contributed by atoms with Crippen LogP contribution in [-0.2, 0) is 0 Å². The largest absolute Gasteiger partial charge is 0.507 e. The predicted octanol–water partition coefficient (Wildman–Crippen LogP) is 5.15. The van der Waals surface area contributed by atoms with Crippen molar-refractivity contribution in [3.8, 4) is 28.3 Å². The fourth-order valence-corrected chi connectivity index (χ4v) is 3.95. The van der Waals surface area contributed by atoms with E-state index >= 15 is 0 Å². The van der Waals surface area contributed by atoms with Crippen LogP contribution in [0.15, 0.2) is 77.9 Å². The quantitative estimate of drug-likeness (QED) is 0.214. The second kappa shape index (κ2) is 10.1. The number of non-ortho nitro benzene ring substituents is 1. The van der Waals surface area contributed by atoms with E-state index in [2.05, 4.69) is 15.1 Å². The molecule has 0 aliphatic carbocycles. The first-order valence-electron chi connectivity index (χ1n) is 11.0. The molecule has 0 saturated carbocycles. The minimum Gasteiger partial charge on any atom is -0.507 e. The van der Waals surface area contributed by atoms with E-state index in [1.165, 1.54) is 31.4 Å². The van der Waals surface area contributed by atoms with Gasteiger partial charge in [0.15, 0.2) is 0 Å². The van der Waals surface area contributed by atoms with Crippen LogP contribution in [0, 0.1) is 24.0 Å². The lowest BCUT2D eigenvalue weighted by Crippen LogP contribution is -2.17. The van der Waals surface area contributed by atoms with Gasteiger partial charge in [-0.2, -0.15) is 5.10 Å². The lowest BCUT2D eigenvalue weighted by atomic mass is 10.0. The van der Waals surface area contributed by atoms with Crippen molar-refractivity contribution in [2.75, 3.05) is 7.11 Å². The fraction of sp³-hybridized carbons (Fsp3) is 0.111. The molecule has 182 valence electrons. The number of carbonyl (C=O) groups is 1. The maximum atomic E-state index is 12.4. The summed E-state index contributed by atoms with van der Waals surface area (Å²) < 4.78 is 7.09. The van der Waals surface area contributed by atoms with E-state index in [9.17, 15) is 20.0 Å². The lowest BCUT2D eigenvalue weighted by Gasteiger charge is -2.11. The maximum Gasteiger partial charge on any atom is 0.275 e. The number of nitro benzene ring substituents is 1. The van der Waals surface area contributed by atoms with Crippen LogP contribution in [0.25, 0.3) is 16.8 Å². The van der Waals surface area contributed by atoms with E-state index in [1.807, 2.05) is 44.2 Å². The van der Waals surface area contributed by atoms with Crippen LogP contribution in [0.4, 0.5) is 5.69 Å². The summed E-state index contributed by atoms with van der Waals surface area (Å²) in [6, 6.07) is 20.7. The normalized spacial score (nSPS) is 11.0. The van der Waals surface area contributed by atoms with E-state index < -0.39 is 10.8 Å². The van der Waals surface area contributed by atoms with Crippen LogP contribution >= 0.6 is 0 Å². The number of hydrazone groups is 1. The molecule has 0 spiro atoms. The highest BCUT2D eigenvalue weighted by atomic mass is 16.6. The van der Waals surface area contributed by atoms with Gasteiger partial charge in [-0.05, 0) is 67.4 Å². The van der Waals surface area contributed by atoms with E-state index in [0.717, 1.165) is 33.8 Å². The van der Waals surface area contributed by atoms with Gasteiger partial charge in [0.05, 0.1) is 23.8 Å². The molecule has 1 heterocycles. The smallest absolute Gasteiger partial charge is 0.275 e. The molecule has 0 atom stereocenters. The number of benzene rings is 3. The summed E-state index contributed by atoms with van der Waals surface area (Å²) >= 11 is 0. The van der Waals surface area contributed by atoms with E-state index in [1.54, 1.807) is 24.4 Å².